The number of nitrogens with zero attached hydrogens (tertiary/aromatic N) is 1. The first kappa shape index (κ1) is 13.8. The van der Waals surface area contributed by atoms with Crippen molar-refractivity contribution in [3.63, 3.8) is 0 Å². The molecule has 2 aromatic rings. The SMILES string of the molecule is c1cncc(COc2ccc(C3SCCCS3)cc2)c1. The summed E-state index contributed by atoms with van der Waals surface area (Å²) in [4.78, 5) is 4.09. The van der Waals surface area contributed by atoms with Gasteiger partial charge in [-0.2, -0.15) is 0 Å². The van der Waals surface area contributed by atoms with Gasteiger partial charge in [0.15, 0.2) is 0 Å². The highest BCUT2D eigenvalue weighted by molar-refractivity contribution is 8.16. The quantitative estimate of drug-likeness (QED) is 0.827. The van der Waals surface area contributed by atoms with E-state index < -0.39 is 0 Å². The maximum absolute atomic E-state index is 5.78. The van der Waals surface area contributed by atoms with Gasteiger partial charge in [0.25, 0.3) is 0 Å². The molecule has 1 fully saturated rings. The number of ether oxygens (including phenoxy) is 1. The van der Waals surface area contributed by atoms with Crippen LogP contribution in [-0.2, 0) is 6.61 Å². The second-order valence-corrected chi connectivity index (χ2v) is 7.37. The molecule has 1 saturated heterocycles. The van der Waals surface area contributed by atoms with Gasteiger partial charge in [-0.15, -0.1) is 23.5 Å². The molecule has 1 aromatic carbocycles. The van der Waals surface area contributed by atoms with Crippen molar-refractivity contribution >= 4 is 23.5 Å². The van der Waals surface area contributed by atoms with Gasteiger partial charge in [-0.3, -0.25) is 4.98 Å². The third-order valence-electron chi connectivity index (χ3n) is 3.11. The maximum atomic E-state index is 5.78. The Hall–Kier alpha value is -1.13. The zero-order valence-electron chi connectivity index (χ0n) is 11.2. The molecule has 0 radical (unpaired) electrons. The average Bonchev–Trinajstić information content (AvgIpc) is 2.55. The van der Waals surface area contributed by atoms with E-state index in [9.17, 15) is 0 Å². The first-order valence-electron chi connectivity index (χ1n) is 6.77. The van der Waals surface area contributed by atoms with Crippen molar-refractivity contribution in [1.82, 2.24) is 4.98 Å². The van der Waals surface area contributed by atoms with E-state index in [1.807, 2.05) is 41.9 Å². The first-order chi connectivity index (χ1) is 9.92. The van der Waals surface area contributed by atoms with Crippen molar-refractivity contribution in [3.8, 4) is 5.75 Å². The normalized spacial score (nSPS) is 16.0. The molecule has 1 aliphatic rings. The summed E-state index contributed by atoms with van der Waals surface area (Å²) in [6.45, 7) is 0.570. The van der Waals surface area contributed by atoms with Crippen LogP contribution in [0.25, 0.3) is 0 Å². The van der Waals surface area contributed by atoms with Gasteiger partial charge in [0.1, 0.15) is 12.4 Å². The number of hydrogen-bond acceptors (Lipinski definition) is 4. The Balaban J connectivity index is 1.58. The second kappa shape index (κ2) is 7.04. The van der Waals surface area contributed by atoms with Gasteiger partial charge in [-0.05, 0) is 41.7 Å². The van der Waals surface area contributed by atoms with Crippen LogP contribution in [0.15, 0.2) is 48.8 Å². The lowest BCUT2D eigenvalue weighted by molar-refractivity contribution is 0.305. The summed E-state index contributed by atoms with van der Waals surface area (Å²) in [7, 11) is 0. The standard InChI is InChI=1S/C16H17NOS2/c1-3-13(11-17-8-1)12-18-15-6-4-14(5-7-15)16-19-9-2-10-20-16/h1,3-8,11,16H,2,9-10,12H2. The molecule has 1 aliphatic heterocycles. The van der Waals surface area contributed by atoms with E-state index in [0.717, 1.165) is 11.3 Å². The highest BCUT2D eigenvalue weighted by atomic mass is 32.2. The first-order valence-corrected chi connectivity index (χ1v) is 8.86. The lowest BCUT2D eigenvalue weighted by Crippen LogP contribution is -2.00. The summed E-state index contributed by atoms with van der Waals surface area (Å²) < 4.78 is 6.37. The smallest absolute Gasteiger partial charge is 0.119 e. The lowest BCUT2D eigenvalue weighted by Gasteiger charge is -2.21. The number of rotatable bonds is 4. The maximum Gasteiger partial charge on any atom is 0.119 e. The van der Waals surface area contributed by atoms with Gasteiger partial charge in [0.05, 0.1) is 4.58 Å². The molecule has 20 heavy (non-hydrogen) atoms. The van der Waals surface area contributed by atoms with E-state index in [-0.39, 0.29) is 0 Å². The number of pyridine rings is 1. The Morgan fingerprint density at radius 3 is 2.60 bits per heavy atom. The Morgan fingerprint density at radius 2 is 1.90 bits per heavy atom. The highest BCUT2D eigenvalue weighted by Gasteiger charge is 2.16. The number of thioether (sulfide) groups is 2. The van der Waals surface area contributed by atoms with E-state index in [1.54, 1.807) is 6.20 Å². The summed E-state index contributed by atoms with van der Waals surface area (Å²) in [6, 6.07) is 12.5. The van der Waals surface area contributed by atoms with Gasteiger partial charge < -0.3 is 4.74 Å². The van der Waals surface area contributed by atoms with Crippen molar-refractivity contribution in [2.75, 3.05) is 11.5 Å². The molecule has 1 aromatic heterocycles. The van der Waals surface area contributed by atoms with Gasteiger partial charge in [-0.1, -0.05) is 18.2 Å². The summed E-state index contributed by atoms with van der Waals surface area (Å²) in [5, 5.41) is 0. The number of aromatic nitrogens is 1. The number of hydrogen-bond donors (Lipinski definition) is 0. The second-order valence-electron chi connectivity index (χ2n) is 4.65. The summed E-state index contributed by atoms with van der Waals surface area (Å²) in [5.74, 6) is 3.47. The minimum absolute atomic E-state index is 0.570. The Kier molecular flexibility index (Phi) is 4.87. The number of benzene rings is 1. The predicted octanol–water partition coefficient (Wildman–Crippen LogP) is 4.53. The van der Waals surface area contributed by atoms with Crippen LogP contribution in [0.3, 0.4) is 0 Å². The molecule has 0 N–H and O–H groups in total. The Bertz CT molecular complexity index is 524. The zero-order valence-corrected chi connectivity index (χ0v) is 12.8. The van der Waals surface area contributed by atoms with E-state index in [1.165, 1.54) is 23.5 Å². The van der Waals surface area contributed by atoms with Crippen molar-refractivity contribution in [2.24, 2.45) is 0 Å². The van der Waals surface area contributed by atoms with Crippen LogP contribution in [0.5, 0.6) is 5.75 Å². The minimum Gasteiger partial charge on any atom is -0.489 e. The fraction of sp³-hybridized carbons (Fsp3) is 0.312. The Morgan fingerprint density at radius 1 is 1.10 bits per heavy atom. The molecular weight excluding hydrogens is 286 g/mol. The van der Waals surface area contributed by atoms with Gasteiger partial charge >= 0.3 is 0 Å². The van der Waals surface area contributed by atoms with Crippen molar-refractivity contribution in [1.29, 1.82) is 0 Å². The van der Waals surface area contributed by atoms with E-state index >= 15 is 0 Å². The highest BCUT2D eigenvalue weighted by Crippen LogP contribution is 2.43. The van der Waals surface area contributed by atoms with Crippen LogP contribution in [-0.4, -0.2) is 16.5 Å². The lowest BCUT2D eigenvalue weighted by atomic mass is 10.2. The third kappa shape index (κ3) is 3.70. The molecule has 104 valence electrons. The van der Waals surface area contributed by atoms with Crippen molar-refractivity contribution < 1.29 is 4.74 Å². The predicted molar refractivity (Wildman–Crippen MR) is 87.3 cm³/mol. The minimum atomic E-state index is 0.570. The van der Waals surface area contributed by atoms with Crippen LogP contribution >= 0.6 is 23.5 Å². The van der Waals surface area contributed by atoms with Crippen LogP contribution in [0.4, 0.5) is 0 Å². The van der Waals surface area contributed by atoms with Crippen LogP contribution in [0.1, 0.15) is 22.1 Å². The van der Waals surface area contributed by atoms with E-state index in [2.05, 4.69) is 29.2 Å². The molecular formula is C16H17NOS2. The molecule has 4 heteroatoms. The molecule has 0 aliphatic carbocycles. The van der Waals surface area contributed by atoms with Crippen molar-refractivity contribution in [3.05, 3.63) is 59.9 Å². The van der Waals surface area contributed by atoms with E-state index in [4.69, 9.17) is 4.74 Å². The topological polar surface area (TPSA) is 22.1 Å². The van der Waals surface area contributed by atoms with Crippen LogP contribution < -0.4 is 4.74 Å². The molecule has 0 atom stereocenters. The molecule has 0 bridgehead atoms. The van der Waals surface area contributed by atoms with Crippen LogP contribution in [0.2, 0.25) is 0 Å². The largest absolute Gasteiger partial charge is 0.489 e. The average molecular weight is 303 g/mol. The zero-order chi connectivity index (χ0) is 13.6. The summed E-state index contributed by atoms with van der Waals surface area (Å²) >= 11 is 4.09. The summed E-state index contributed by atoms with van der Waals surface area (Å²) in [5.41, 5.74) is 2.49. The van der Waals surface area contributed by atoms with Gasteiger partial charge in [0, 0.05) is 18.0 Å². The van der Waals surface area contributed by atoms with E-state index in [0.29, 0.717) is 11.2 Å². The van der Waals surface area contributed by atoms with Crippen LogP contribution in [0, 0.1) is 0 Å². The molecule has 2 nitrogen and oxygen atoms in total. The fourth-order valence-corrected chi connectivity index (χ4v) is 4.95. The molecule has 0 spiro atoms. The van der Waals surface area contributed by atoms with Crippen molar-refractivity contribution in [2.45, 2.75) is 17.6 Å². The molecule has 2 heterocycles. The molecule has 3 rings (SSSR count). The third-order valence-corrected chi connectivity index (χ3v) is 6.12. The fourth-order valence-electron chi connectivity index (χ4n) is 2.05. The molecule has 0 unspecified atom stereocenters. The van der Waals surface area contributed by atoms with Gasteiger partial charge in [-0.25, -0.2) is 0 Å². The Labute approximate surface area is 128 Å². The molecule has 0 amide bonds. The summed E-state index contributed by atoms with van der Waals surface area (Å²) in [6.07, 6.45) is 4.94. The monoisotopic (exact) mass is 303 g/mol. The molecule has 0 saturated carbocycles. The van der Waals surface area contributed by atoms with Gasteiger partial charge in [0.2, 0.25) is 0 Å².